The molecule has 5 heteroatoms. The molecular weight excluding hydrogens is 208 g/mol. The molecule has 0 aromatic rings. The molecule has 1 saturated heterocycles. The van der Waals surface area contributed by atoms with Crippen molar-refractivity contribution in [2.24, 2.45) is 5.73 Å². The predicted molar refractivity (Wildman–Crippen MR) is 59.1 cm³/mol. The minimum atomic E-state index is -0.450. The molecule has 92 valence electrons. The number of rotatable bonds is 0. The normalized spacial score (nSPS) is 34.0. The number of hydrogen-bond donors (Lipinski definition) is 1. The zero-order chi connectivity index (χ0) is 12.0. The van der Waals surface area contributed by atoms with E-state index in [2.05, 4.69) is 0 Å². The van der Waals surface area contributed by atoms with Crippen molar-refractivity contribution in [3.63, 3.8) is 0 Å². The Hall–Kier alpha value is -0.810. The lowest BCUT2D eigenvalue weighted by Crippen LogP contribution is -2.50. The van der Waals surface area contributed by atoms with Gasteiger partial charge in [0.2, 0.25) is 0 Å². The Balaban J connectivity index is 1.92. The second-order valence-corrected chi connectivity index (χ2v) is 5.63. The third kappa shape index (κ3) is 2.30. The first kappa shape index (κ1) is 11.7. The van der Waals surface area contributed by atoms with Gasteiger partial charge in [0.15, 0.2) is 0 Å². The van der Waals surface area contributed by atoms with E-state index in [4.69, 9.17) is 15.2 Å². The van der Waals surface area contributed by atoms with Crippen LogP contribution in [0.3, 0.4) is 0 Å². The molecule has 1 aliphatic heterocycles. The summed E-state index contributed by atoms with van der Waals surface area (Å²) in [5.74, 6) is 0. The molecule has 1 aliphatic carbocycles. The molecule has 16 heavy (non-hydrogen) atoms. The summed E-state index contributed by atoms with van der Waals surface area (Å²) in [4.78, 5) is 13.5. The summed E-state index contributed by atoms with van der Waals surface area (Å²) in [7, 11) is 0. The zero-order valence-corrected chi connectivity index (χ0v) is 10.2. The molecule has 2 fully saturated rings. The quantitative estimate of drug-likeness (QED) is 0.663. The monoisotopic (exact) mass is 228 g/mol. The van der Waals surface area contributed by atoms with Crippen molar-refractivity contribution in [2.45, 2.75) is 44.4 Å². The van der Waals surface area contributed by atoms with Crippen molar-refractivity contribution < 1.29 is 14.3 Å². The van der Waals surface area contributed by atoms with E-state index in [1.165, 1.54) is 0 Å². The summed E-state index contributed by atoms with van der Waals surface area (Å²) >= 11 is 0. The topological polar surface area (TPSA) is 64.8 Å². The first-order valence-corrected chi connectivity index (χ1v) is 5.70. The Morgan fingerprint density at radius 2 is 2.19 bits per heavy atom. The number of nitrogens with zero attached hydrogens (tertiary/aromatic N) is 1. The third-order valence-electron chi connectivity index (χ3n) is 2.94. The summed E-state index contributed by atoms with van der Waals surface area (Å²) in [6, 6.07) is 0.0673. The van der Waals surface area contributed by atoms with Crippen molar-refractivity contribution in [1.29, 1.82) is 0 Å². The lowest BCUT2D eigenvalue weighted by Gasteiger charge is -2.34. The molecule has 2 unspecified atom stereocenters. The highest BCUT2D eigenvalue weighted by atomic mass is 16.6. The second kappa shape index (κ2) is 3.60. The fraction of sp³-hybridized carbons (Fsp3) is 0.909. The van der Waals surface area contributed by atoms with Crippen LogP contribution < -0.4 is 5.73 Å². The molecule has 2 atom stereocenters. The smallest absolute Gasteiger partial charge is 0.410 e. The standard InChI is InChI=1S/C11H20N2O3/c1-10(2,3)16-9(14)13-4-5-15-11(7-13)6-8(11)12/h8H,4-7,12H2,1-3H3. The maximum Gasteiger partial charge on any atom is 0.410 e. The fourth-order valence-electron chi connectivity index (χ4n) is 1.95. The number of hydrogen-bond acceptors (Lipinski definition) is 4. The van der Waals surface area contributed by atoms with E-state index in [0.717, 1.165) is 6.42 Å². The van der Waals surface area contributed by atoms with E-state index < -0.39 is 5.60 Å². The van der Waals surface area contributed by atoms with Gasteiger partial charge in [0.05, 0.1) is 13.2 Å². The van der Waals surface area contributed by atoms with Crippen LogP contribution in [-0.2, 0) is 9.47 Å². The van der Waals surface area contributed by atoms with E-state index in [0.29, 0.717) is 19.7 Å². The Labute approximate surface area is 95.9 Å². The molecule has 2 N–H and O–H groups in total. The van der Waals surface area contributed by atoms with Crippen molar-refractivity contribution in [1.82, 2.24) is 4.90 Å². The summed E-state index contributed by atoms with van der Waals surface area (Å²) in [6.07, 6.45) is 0.570. The highest BCUT2D eigenvalue weighted by Crippen LogP contribution is 2.41. The molecule has 0 radical (unpaired) electrons. The SMILES string of the molecule is CC(C)(C)OC(=O)N1CCOC2(CC2N)C1. The molecule has 0 aromatic heterocycles. The number of amides is 1. The van der Waals surface area contributed by atoms with Crippen LogP contribution in [0.15, 0.2) is 0 Å². The summed E-state index contributed by atoms with van der Waals surface area (Å²) in [5, 5.41) is 0. The predicted octanol–water partition coefficient (Wildman–Crippen LogP) is 0.724. The van der Waals surface area contributed by atoms with E-state index in [9.17, 15) is 4.79 Å². The Morgan fingerprint density at radius 1 is 1.56 bits per heavy atom. The molecule has 1 amide bonds. The summed E-state index contributed by atoms with van der Waals surface area (Å²) in [6.45, 7) is 7.29. The van der Waals surface area contributed by atoms with Crippen molar-refractivity contribution in [3.05, 3.63) is 0 Å². The van der Waals surface area contributed by atoms with Crippen LogP contribution in [0.1, 0.15) is 27.2 Å². The van der Waals surface area contributed by atoms with E-state index in [1.54, 1.807) is 4.90 Å². The van der Waals surface area contributed by atoms with Crippen molar-refractivity contribution >= 4 is 6.09 Å². The number of nitrogens with two attached hydrogens (primary N) is 1. The number of ether oxygens (including phenoxy) is 2. The van der Waals surface area contributed by atoms with Crippen LogP contribution >= 0.6 is 0 Å². The third-order valence-corrected chi connectivity index (χ3v) is 2.94. The van der Waals surface area contributed by atoms with E-state index in [1.807, 2.05) is 20.8 Å². The van der Waals surface area contributed by atoms with Gasteiger partial charge in [-0.2, -0.15) is 0 Å². The molecule has 0 bridgehead atoms. The molecule has 0 aromatic carbocycles. The Morgan fingerprint density at radius 3 is 2.69 bits per heavy atom. The molecule has 2 rings (SSSR count). The van der Waals surface area contributed by atoms with Crippen LogP contribution in [-0.4, -0.2) is 47.9 Å². The van der Waals surface area contributed by atoms with Gasteiger partial charge in [-0.25, -0.2) is 4.79 Å². The van der Waals surface area contributed by atoms with Crippen molar-refractivity contribution in [3.8, 4) is 0 Å². The highest BCUT2D eigenvalue weighted by molar-refractivity contribution is 5.68. The Kier molecular flexibility index (Phi) is 2.62. The number of carbonyl (C=O) groups excluding carboxylic acids is 1. The Bertz CT molecular complexity index is 300. The summed E-state index contributed by atoms with van der Waals surface area (Å²) < 4.78 is 10.9. The van der Waals surface area contributed by atoms with Crippen molar-refractivity contribution in [2.75, 3.05) is 19.7 Å². The van der Waals surface area contributed by atoms with Gasteiger partial charge in [-0.05, 0) is 27.2 Å². The van der Waals surface area contributed by atoms with Crippen LogP contribution in [0, 0.1) is 0 Å². The van der Waals surface area contributed by atoms with Gasteiger partial charge in [0.1, 0.15) is 11.2 Å². The number of carbonyl (C=O) groups is 1. The van der Waals surface area contributed by atoms with Gasteiger partial charge in [-0.1, -0.05) is 0 Å². The first-order valence-electron chi connectivity index (χ1n) is 5.70. The lowest BCUT2D eigenvalue weighted by molar-refractivity contribution is -0.0572. The largest absolute Gasteiger partial charge is 0.444 e. The van der Waals surface area contributed by atoms with E-state index in [-0.39, 0.29) is 17.7 Å². The van der Waals surface area contributed by atoms with Crippen LogP contribution in [0.25, 0.3) is 0 Å². The van der Waals surface area contributed by atoms with Gasteiger partial charge in [-0.15, -0.1) is 0 Å². The number of morpholine rings is 1. The van der Waals surface area contributed by atoms with Crippen LogP contribution in [0.4, 0.5) is 4.79 Å². The molecule has 1 heterocycles. The molecule has 1 saturated carbocycles. The van der Waals surface area contributed by atoms with E-state index >= 15 is 0 Å². The second-order valence-electron chi connectivity index (χ2n) is 5.63. The molecule has 5 nitrogen and oxygen atoms in total. The molecule has 2 aliphatic rings. The first-order chi connectivity index (χ1) is 7.32. The maximum absolute atomic E-state index is 11.8. The fourth-order valence-corrected chi connectivity index (χ4v) is 1.95. The summed E-state index contributed by atoms with van der Waals surface area (Å²) in [5.41, 5.74) is 5.09. The lowest BCUT2D eigenvalue weighted by atomic mass is 10.2. The van der Waals surface area contributed by atoms with Crippen LogP contribution in [0.2, 0.25) is 0 Å². The van der Waals surface area contributed by atoms with Gasteiger partial charge >= 0.3 is 6.09 Å². The van der Waals surface area contributed by atoms with Gasteiger partial charge < -0.3 is 20.1 Å². The zero-order valence-electron chi connectivity index (χ0n) is 10.2. The minimum Gasteiger partial charge on any atom is -0.444 e. The van der Waals surface area contributed by atoms with Gasteiger partial charge in [0.25, 0.3) is 0 Å². The molecular formula is C11H20N2O3. The molecule has 1 spiro atoms. The van der Waals surface area contributed by atoms with Gasteiger partial charge in [-0.3, -0.25) is 0 Å². The average Bonchev–Trinajstić information content (AvgIpc) is 2.73. The highest BCUT2D eigenvalue weighted by Gasteiger charge is 2.56. The maximum atomic E-state index is 11.8. The van der Waals surface area contributed by atoms with Crippen LogP contribution in [0.5, 0.6) is 0 Å². The van der Waals surface area contributed by atoms with Gasteiger partial charge in [0, 0.05) is 12.6 Å². The average molecular weight is 228 g/mol. The minimum absolute atomic E-state index is 0.0673.